The second-order valence-electron chi connectivity index (χ2n) is 5.57. The van der Waals surface area contributed by atoms with Gasteiger partial charge < -0.3 is 4.57 Å². The molecule has 1 aromatic heterocycles. The Morgan fingerprint density at radius 3 is 2.75 bits per heavy atom. The van der Waals surface area contributed by atoms with Crippen molar-refractivity contribution in [1.29, 1.82) is 0 Å². The van der Waals surface area contributed by atoms with Gasteiger partial charge in [-0.3, -0.25) is 14.5 Å². The molecule has 0 spiro atoms. The molecule has 0 unspecified atom stereocenters. The van der Waals surface area contributed by atoms with Crippen LogP contribution in [0.15, 0.2) is 41.4 Å². The average molecular weight is 361 g/mol. The Morgan fingerprint density at radius 2 is 2.04 bits per heavy atom. The quantitative estimate of drug-likeness (QED) is 0.729. The molecule has 24 heavy (non-hydrogen) atoms. The van der Waals surface area contributed by atoms with E-state index in [2.05, 4.69) is 0 Å². The van der Waals surface area contributed by atoms with Crippen molar-refractivity contribution in [3.8, 4) is 5.69 Å². The second kappa shape index (κ2) is 6.87. The first-order chi connectivity index (χ1) is 11.5. The Kier molecular flexibility index (Phi) is 4.83. The number of imide groups is 1. The van der Waals surface area contributed by atoms with Crippen LogP contribution in [-0.2, 0) is 4.79 Å². The van der Waals surface area contributed by atoms with E-state index < -0.39 is 0 Å². The average Bonchev–Trinajstić information content (AvgIpc) is 3.11. The van der Waals surface area contributed by atoms with E-state index in [4.69, 9.17) is 11.6 Å². The number of nitrogens with zero attached hydrogens (tertiary/aromatic N) is 2. The van der Waals surface area contributed by atoms with Crippen molar-refractivity contribution in [1.82, 2.24) is 9.47 Å². The predicted octanol–water partition coefficient (Wildman–Crippen LogP) is 4.89. The molecule has 0 radical (unpaired) electrons. The summed E-state index contributed by atoms with van der Waals surface area (Å²) in [5.41, 5.74) is 2.75. The summed E-state index contributed by atoms with van der Waals surface area (Å²) in [5.74, 6) is -0.221. The van der Waals surface area contributed by atoms with Gasteiger partial charge in [-0.25, -0.2) is 0 Å². The number of aryl methyl sites for hydroxylation is 1. The molecule has 0 atom stereocenters. The molecule has 1 aromatic carbocycles. The summed E-state index contributed by atoms with van der Waals surface area (Å²) in [4.78, 5) is 26.1. The van der Waals surface area contributed by atoms with Crippen LogP contribution in [0.4, 0.5) is 4.79 Å². The first kappa shape index (κ1) is 16.9. The molecule has 0 aliphatic carbocycles. The number of aromatic nitrogens is 1. The molecule has 2 aromatic rings. The highest BCUT2D eigenvalue weighted by Gasteiger charge is 2.34. The van der Waals surface area contributed by atoms with Gasteiger partial charge in [0.2, 0.25) is 0 Å². The van der Waals surface area contributed by atoms with Crippen molar-refractivity contribution in [3.63, 3.8) is 0 Å². The lowest BCUT2D eigenvalue weighted by atomic mass is 10.2. The van der Waals surface area contributed by atoms with E-state index in [1.165, 1.54) is 4.90 Å². The number of benzene rings is 1. The number of thioether (sulfide) groups is 1. The van der Waals surface area contributed by atoms with Crippen LogP contribution < -0.4 is 0 Å². The maximum absolute atomic E-state index is 12.4. The van der Waals surface area contributed by atoms with Gasteiger partial charge in [-0.05, 0) is 61.0 Å². The minimum absolute atomic E-state index is 0.204. The van der Waals surface area contributed by atoms with Gasteiger partial charge in [0.25, 0.3) is 11.1 Å². The third kappa shape index (κ3) is 3.14. The lowest BCUT2D eigenvalue weighted by Crippen LogP contribution is -2.28. The molecule has 0 bridgehead atoms. The third-order valence-corrected chi connectivity index (χ3v) is 5.13. The zero-order chi connectivity index (χ0) is 17.3. The molecular formula is C18H17ClN2O2S. The van der Waals surface area contributed by atoms with Crippen LogP contribution >= 0.6 is 23.4 Å². The fourth-order valence-electron chi connectivity index (χ4n) is 2.53. The molecule has 1 saturated heterocycles. The van der Waals surface area contributed by atoms with Gasteiger partial charge in [-0.15, -0.1) is 0 Å². The minimum atomic E-state index is -0.221. The van der Waals surface area contributed by atoms with Gasteiger partial charge in [-0.2, -0.15) is 0 Å². The molecule has 4 nitrogen and oxygen atoms in total. The molecule has 0 saturated carbocycles. The van der Waals surface area contributed by atoms with Crippen molar-refractivity contribution in [2.24, 2.45) is 0 Å². The Labute approximate surface area is 150 Å². The lowest BCUT2D eigenvalue weighted by molar-refractivity contribution is -0.122. The summed E-state index contributed by atoms with van der Waals surface area (Å²) in [6.45, 7) is 4.35. The first-order valence-corrected chi connectivity index (χ1v) is 8.90. The Hall–Kier alpha value is -1.98. The molecule has 0 N–H and O–H groups in total. The van der Waals surface area contributed by atoms with Crippen LogP contribution in [0.25, 0.3) is 11.8 Å². The molecule has 2 heterocycles. The molecule has 2 amide bonds. The molecule has 1 aliphatic rings. The van der Waals surface area contributed by atoms with E-state index in [0.29, 0.717) is 16.5 Å². The summed E-state index contributed by atoms with van der Waals surface area (Å²) in [7, 11) is 0. The van der Waals surface area contributed by atoms with E-state index in [1.54, 1.807) is 6.08 Å². The van der Waals surface area contributed by atoms with Gasteiger partial charge in [0.1, 0.15) is 0 Å². The maximum Gasteiger partial charge on any atom is 0.293 e. The number of rotatable bonds is 4. The molecule has 1 fully saturated rings. The van der Waals surface area contributed by atoms with E-state index >= 15 is 0 Å². The number of amides is 2. The van der Waals surface area contributed by atoms with E-state index in [1.807, 2.05) is 54.9 Å². The van der Waals surface area contributed by atoms with Crippen LogP contribution in [0.3, 0.4) is 0 Å². The lowest BCUT2D eigenvalue weighted by Gasteiger charge is -2.10. The van der Waals surface area contributed by atoms with Gasteiger partial charge in [0.05, 0.1) is 4.91 Å². The summed E-state index contributed by atoms with van der Waals surface area (Å²) < 4.78 is 1.94. The highest BCUT2D eigenvalue weighted by Crippen LogP contribution is 2.33. The normalized spacial score (nSPS) is 16.5. The molecule has 1 aliphatic heterocycles. The zero-order valence-electron chi connectivity index (χ0n) is 13.5. The minimum Gasteiger partial charge on any atom is -0.317 e. The molecule has 6 heteroatoms. The summed E-state index contributed by atoms with van der Waals surface area (Å²) in [6, 6.07) is 9.62. The van der Waals surface area contributed by atoms with Crippen LogP contribution in [0.1, 0.15) is 24.6 Å². The molecule has 124 valence electrons. The summed E-state index contributed by atoms with van der Waals surface area (Å²) >= 11 is 7.20. The number of carbonyl (C=O) groups excluding carboxylic acids is 2. The monoisotopic (exact) mass is 360 g/mol. The standard InChI is InChI=1S/C18H17ClN2O2S/c1-3-8-21-17(22)16(24-18(21)23)11-13-5-4-9-20(13)14-7-6-12(2)15(19)10-14/h4-7,9-11H,3,8H2,1-2H3/b16-11+. The Bertz CT molecular complexity index is 841. The van der Waals surface area contributed by atoms with Crippen molar-refractivity contribution < 1.29 is 9.59 Å². The maximum atomic E-state index is 12.4. The molecule has 3 rings (SSSR count). The van der Waals surface area contributed by atoms with Crippen LogP contribution in [0.5, 0.6) is 0 Å². The fourth-order valence-corrected chi connectivity index (χ4v) is 3.55. The Morgan fingerprint density at radius 1 is 1.25 bits per heavy atom. The van der Waals surface area contributed by atoms with Crippen LogP contribution in [-0.4, -0.2) is 27.2 Å². The van der Waals surface area contributed by atoms with Crippen LogP contribution in [0, 0.1) is 6.92 Å². The first-order valence-electron chi connectivity index (χ1n) is 7.70. The van der Waals surface area contributed by atoms with E-state index in [-0.39, 0.29) is 11.1 Å². The second-order valence-corrected chi connectivity index (χ2v) is 6.97. The smallest absolute Gasteiger partial charge is 0.293 e. The number of halogens is 1. The number of carbonyl (C=O) groups is 2. The highest BCUT2D eigenvalue weighted by molar-refractivity contribution is 8.18. The predicted molar refractivity (Wildman–Crippen MR) is 98.5 cm³/mol. The Balaban J connectivity index is 1.95. The summed E-state index contributed by atoms with van der Waals surface area (Å²) in [5, 5.41) is 0.486. The fraction of sp³-hybridized carbons (Fsp3) is 0.222. The van der Waals surface area contributed by atoms with Gasteiger partial charge in [-0.1, -0.05) is 24.6 Å². The highest BCUT2D eigenvalue weighted by atomic mass is 35.5. The van der Waals surface area contributed by atoms with Gasteiger partial charge in [0.15, 0.2) is 0 Å². The molecular weight excluding hydrogens is 344 g/mol. The third-order valence-electron chi connectivity index (χ3n) is 3.81. The van der Waals surface area contributed by atoms with Crippen molar-refractivity contribution in [3.05, 3.63) is 57.7 Å². The number of hydrogen-bond acceptors (Lipinski definition) is 3. The summed E-state index contributed by atoms with van der Waals surface area (Å²) in [6.07, 6.45) is 4.42. The van der Waals surface area contributed by atoms with Crippen molar-refractivity contribution in [2.75, 3.05) is 6.54 Å². The largest absolute Gasteiger partial charge is 0.317 e. The van der Waals surface area contributed by atoms with Crippen molar-refractivity contribution in [2.45, 2.75) is 20.3 Å². The van der Waals surface area contributed by atoms with Gasteiger partial charge in [0, 0.05) is 29.1 Å². The van der Waals surface area contributed by atoms with Crippen molar-refractivity contribution >= 4 is 40.6 Å². The zero-order valence-corrected chi connectivity index (χ0v) is 15.0. The number of hydrogen-bond donors (Lipinski definition) is 0. The van der Waals surface area contributed by atoms with Gasteiger partial charge >= 0.3 is 0 Å². The van der Waals surface area contributed by atoms with Crippen LogP contribution in [0.2, 0.25) is 5.02 Å². The van der Waals surface area contributed by atoms with E-state index in [0.717, 1.165) is 35.1 Å². The van der Waals surface area contributed by atoms with E-state index in [9.17, 15) is 9.59 Å². The SMILES string of the molecule is CCCN1C(=O)S/C(=C/c2cccn2-c2ccc(C)c(Cl)c2)C1=O. The topological polar surface area (TPSA) is 42.3 Å².